The molecule has 1 unspecified atom stereocenters. The zero-order valence-corrected chi connectivity index (χ0v) is 15.9. The van der Waals surface area contributed by atoms with Crippen molar-refractivity contribution in [2.75, 3.05) is 18.1 Å². The van der Waals surface area contributed by atoms with Crippen LogP contribution in [0.4, 0.5) is 5.69 Å². The molecule has 0 bridgehead atoms. The van der Waals surface area contributed by atoms with Gasteiger partial charge in [0.1, 0.15) is 6.04 Å². The molecule has 2 aliphatic rings. The monoisotopic (exact) mass is 395 g/mol. The number of rotatable bonds is 4. The van der Waals surface area contributed by atoms with Crippen LogP contribution in [0, 0.1) is 6.92 Å². The largest absolute Gasteiger partial charge is 0.490 e. The van der Waals surface area contributed by atoms with E-state index in [1.807, 2.05) is 13.0 Å². The predicted octanol–water partition coefficient (Wildman–Crippen LogP) is 1.72. The summed E-state index contributed by atoms with van der Waals surface area (Å²) in [5, 5.41) is 0. The first-order valence-corrected chi connectivity index (χ1v) is 9.42. The minimum Gasteiger partial charge on any atom is -0.490 e. The van der Waals surface area contributed by atoms with Gasteiger partial charge in [0.25, 0.3) is 11.8 Å². The lowest BCUT2D eigenvalue weighted by atomic mass is 10.2. The maximum Gasteiger partial charge on any atom is 0.265 e. The highest BCUT2D eigenvalue weighted by Gasteiger charge is 2.39. The fraction of sp³-hybridized carbons (Fsp3) is 0.286. The first-order chi connectivity index (χ1) is 14.0. The Morgan fingerprint density at radius 2 is 1.86 bits per heavy atom. The fourth-order valence-electron chi connectivity index (χ4n) is 3.31. The van der Waals surface area contributed by atoms with Crippen molar-refractivity contribution < 1.29 is 23.9 Å². The second kappa shape index (κ2) is 7.92. The summed E-state index contributed by atoms with van der Waals surface area (Å²) in [6, 6.07) is 11.2. The molecule has 1 saturated heterocycles. The number of hydrogen-bond acceptors (Lipinski definition) is 6. The third-order valence-corrected chi connectivity index (χ3v) is 4.78. The van der Waals surface area contributed by atoms with E-state index in [4.69, 9.17) is 9.47 Å². The summed E-state index contributed by atoms with van der Waals surface area (Å²) in [6.45, 7) is 2.97. The molecule has 29 heavy (non-hydrogen) atoms. The van der Waals surface area contributed by atoms with E-state index in [1.54, 1.807) is 36.4 Å². The maximum absolute atomic E-state index is 12.7. The number of aryl methyl sites for hydroxylation is 1. The van der Waals surface area contributed by atoms with Gasteiger partial charge >= 0.3 is 0 Å². The van der Waals surface area contributed by atoms with Gasteiger partial charge in [-0.25, -0.2) is 10.3 Å². The number of nitrogens with zero attached hydrogens (tertiary/aromatic N) is 1. The number of hydrazine groups is 1. The van der Waals surface area contributed by atoms with E-state index in [0.717, 1.165) is 16.9 Å². The van der Waals surface area contributed by atoms with Crippen molar-refractivity contribution in [2.24, 2.45) is 0 Å². The van der Waals surface area contributed by atoms with Crippen LogP contribution < -0.4 is 25.2 Å². The Hall–Kier alpha value is -3.39. The molecular formula is C21H21N3O5. The lowest BCUT2D eigenvalue weighted by Gasteiger charge is -2.16. The number of benzene rings is 2. The quantitative estimate of drug-likeness (QED) is 0.605. The number of ether oxygens (including phenoxy) is 2. The van der Waals surface area contributed by atoms with Gasteiger partial charge in [0.05, 0.1) is 25.3 Å². The van der Waals surface area contributed by atoms with E-state index in [9.17, 15) is 14.4 Å². The summed E-state index contributed by atoms with van der Waals surface area (Å²) in [6.07, 6.45) is 0.737. The van der Waals surface area contributed by atoms with E-state index < -0.39 is 17.9 Å². The molecule has 8 heteroatoms. The second-order valence-electron chi connectivity index (χ2n) is 6.97. The molecule has 1 fully saturated rings. The summed E-state index contributed by atoms with van der Waals surface area (Å²) in [4.78, 5) is 38.6. The lowest BCUT2D eigenvalue weighted by molar-refractivity contribution is -0.121. The third-order valence-electron chi connectivity index (χ3n) is 4.78. The Bertz CT molecular complexity index is 975. The van der Waals surface area contributed by atoms with E-state index >= 15 is 0 Å². The number of hydrogen-bond donors (Lipinski definition) is 2. The van der Waals surface area contributed by atoms with Crippen LogP contribution in [0.1, 0.15) is 28.8 Å². The molecular weight excluding hydrogens is 374 g/mol. The minimum atomic E-state index is -0.827. The molecule has 0 saturated carbocycles. The van der Waals surface area contributed by atoms with Crippen molar-refractivity contribution >= 4 is 23.4 Å². The number of carbonyl (C=O) groups is 3. The molecule has 150 valence electrons. The van der Waals surface area contributed by atoms with Crippen molar-refractivity contribution in [3.8, 4) is 11.5 Å². The Morgan fingerprint density at radius 1 is 1.07 bits per heavy atom. The van der Waals surface area contributed by atoms with Crippen molar-refractivity contribution in [1.29, 1.82) is 0 Å². The molecule has 0 aromatic heterocycles. The number of fused-ring (bicyclic) bond motifs is 1. The molecule has 4 rings (SSSR count). The van der Waals surface area contributed by atoms with E-state index in [-0.39, 0.29) is 12.3 Å². The number of nitrogens with one attached hydrogen (secondary N) is 2. The van der Waals surface area contributed by atoms with Crippen molar-refractivity contribution in [3.63, 3.8) is 0 Å². The normalized spacial score (nSPS) is 18.5. The van der Waals surface area contributed by atoms with Gasteiger partial charge in [0.2, 0.25) is 5.91 Å². The van der Waals surface area contributed by atoms with Crippen molar-refractivity contribution in [2.45, 2.75) is 25.8 Å². The van der Waals surface area contributed by atoms with Crippen LogP contribution in [0.5, 0.6) is 11.5 Å². The molecule has 0 aliphatic carbocycles. The number of carbonyl (C=O) groups excluding carboxylic acids is 3. The molecule has 2 aromatic carbocycles. The molecule has 3 amide bonds. The molecule has 1 atom stereocenters. The highest BCUT2D eigenvalue weighted by atomic mass is 16.5. The molecule has 2 N–H and O–H groups in total. The summed E-state index contributed by atoms with van der Waals surface area (Å²) in [7, 11) is 0. The van der Waals surface area contributed by atoms with Gasteiger partial charge in [-0.05, 0) is 42.8 Å². The van der Waals surface area contributed by atoms with Crippen LogP contribution >= 0.6 is 0 Å². The molecule has 0 radical (unpaired) electrons. The van der Waals surface area contributed by atoms with Crippen LogP contribution in [0.2, 0.25) is 0 Å². The van der Waals surface area contributed by atoms with E-state index in [2.05, 4.69) is 10.9 Å². The number of anilines is 1. The standard InChI is InChI=1S/C21H21N3O5/c1-13-4-2-5-15(10-13)24-19(25)12-16(21(24)27)22-23-20(26)14-6-7-17-18(11-14)29-9-3-8-28-17/h2,4-7,10-11,16,22H,3,8-9,12H2,1H3,(H,23,26). The van der Waals surface area contributed by atoms with Crippen LogP contribution in [-0.2, 0) is 9.59 Å². The molecule has 0 spiro atoms. The Kier molecular flexibility index (Phi) is 5.18. The van der Waals surface area contributed by atoms with Crippen LogP contribution in [0.25, 0.3) is 0 Å². The van der Waals surface area contributed by atoms with Crippen LogP contribution in [-0.4, -0.2) is 37.0 Å². The first kappa shape index (κ1) is 18.9. The average molecular weight is 395 g/mol. The van der Waals surface area contributed by atoms with Gasteiger partial charge in [-0.2, -0.15) is 0 Å². The zero-order chi connectivity index (χ0) is 20.4. The predicted molar refractivity (Wildman–Crippen MR) is 105 cm³/mol. The Balaban J connectivity index is 1.41. The number of amides is 3. The van der Waals surface area contributed by atoms with Crippen molar-refractivity contribution in [3.05, 3.63) is 53.6 Å². The van der Waals surface area contributed by atoms with Gasteiger partial charge in [0.15, 0.2) is 11.5 Å². The van der Waals surface area contributed by atoms with Gasteiger partial charge in [-0.1, -0.05) is 12.1 Å². The fourth-order valence-corrected chi connectivity index (χ4v) is 3.31. The molecule has 8 nitrogen and oxygen atoms in total. The lowest BCUT2D eigenvalue weighted by Crippen LogP contribution is -2.48. The smallest absolute Gasteiger partial charge is 0.265 e. The van der Waals surface area contributed by atoms with Gasteiger partial charge in [-0.15, -0.1) is 0 Å². The van der Waals surface area contributed by atoms with Gasteiger partial charge < -0.3 is 9.47 Å². The maximum atomic E-state index is 12.7. The first-order valence-electron chi connectivity index (χ1n) is 9.42. The van der Waals surface area contributed by atoms with E-state index in [1.165, 1.54) is 0 Å². The average Bonchev–Trinajstić information content (AvgIpc) is 2.86. The third kappa shape index (κ3) is 3.93. The minimum absolute atomic E-state index is 0.0335. The molecule has 2 aliphatic heterocycles. The highest BCUT2D eigenvalue weighted by molar-refractivity contribution is 6.22. The summed E-state index contributed by atoms with van der Waals surface area (Å²) >= 11 is 0. The van der Waals surface area contributed by atoms with Crippen molar-refractivity contribution in [1.82, 2.24) is 10.9 Å². The Labute approximate surface area is 167 Å². The van der Waals surface area contributed by atoms with Crippen LogP contribution in [0.3, 0.4) is 0 Å². The second-order valence-corrected chi connectivity index (χ2v) is 6.97. The highest BCUT2D eigenvalue weighted by Crippen LogP contribution is 2.30. The molecule has 2 aromatic rings. The SMILES string of the molecule is Cc1cccc(N2C(=O)CC(NNC(=O)c3ccc4c(c3)OCCCO4)C2=O)c1. The summed E-state index contributed by atoms with van der Waals surface area (Å²) < 4.78 is 11.1. The summed E-state index contributed by atoms with van der Waals surface area (Å²) in [5.74, 6) is -0.0531. The molecule has 2 heterocycles. The van der Waals surface area contributed by atoms with Gasteiger partial charge in [0, 0.05) is 12.0 Å². The zero-order valence-electron chi connectivity index (χ0n) is 15.9. The van der Waals surface area contributed by atoms with E-state index in [0.29, 0.717) is 36.0 Å². The van der Waals surface area contributed by atoms with Gasteiger partial charge in [-0.3, -0.25) is 19.8 Å². The number of imide groups is 1. The summed E-state index contributed by atoms with van der Waals surface area (Å²) in [5.41, 5.74) is 7.02. The van der Waals surface area contributed by atoms with Crippen LogP contribution in [0.15, 0.2) is 42.5 Å². The Morgan fingerprint density at radius 3 is 2.66 bits per heavy atom. The topological polar surface area (TPSA) is 97.0 Å².